The molecule has 0 heterocycles. The van der Waals surface area contributed by atoms with E-state index in [0.29, 0.717) is 6.42 Å². The van der Waals surface area contributed by atoms with Crippen LogP contribution in [0, 0.1) is 0 Å². The monoisotopic (exact) mass is 139 g/mol. The molecule has 0 saturated carbocycles. The minimum atomic E-state index is -0.341. The molecule has 10 heavy (non-hydrogen) atoms. The lowest BCUT2D eigenvalue weighted by Crippen LogP contribution is -2.31. The van der Waals surface area contributed by atoms with E-state index in [0.717, 1.165) is 4.90 Å². The molecule has 0 aliphatic rings. The van der Waals surface area contributed by atoms with Crippen LogP contribution in [0.25, 0.3) is 0 Å². The molecular weight excluding hydrogens is 129 g/mol. The van der Waals surface area contributed by atoms with Crippen LogP contribution in [-0.4, -0.2) is 31.6 Å². The highest BCUT2D eigenvalue weighted by atomic mass is 16.2. The van der Waals surface area contributed by atoms with Crippen molar-refractivity contribution >= 4 is 19.7 Å². The maximum atomic E-state index is 10.8. The molecule has 0 spiro atoms. The fraction of sp³-hybridized carbons (Fsp3) is 0.667. The quantitative estimate of drug-likeness (QED) is 0.503. The molecular formula is C6H10BNO2. The summed E-state index contributed by atoms with van der Waals surface area (Å²) in [6.45, 7) is 1.70. The van der Waals surface area contributed by atoms with E-state index in [-0.39, 0.29) is 18.1 Å². The van der Waals surface area contributed by atoms with Crippen LogP contribution in [0.3, 0.4) is 0 Å². The van der Waals surface area contributed by atoms with Gasteiger partial charge in [-0.2, -0.15) is 0 Å². The third-order valence-corrected chi connectivity index (χ3v) is 1.23. The molecule has 0 aromatic carbocycles. The van der Waals surface area contributed by atoms with Crippen molar-refractivity contribution in [3.63, 3.8) is 0 Å². The highest BCUT2D eigenvalue weighted by Gasteiger charge is 2.11. The van der Waals surface area contributed by atoms with Crippen molar-refractivity contribution in [2.45, 2.75) is 19.7 Å². The Morgan fingerprint density at radius 2 is 1.90 bits per heavy atom. The maximum Gasteiger partial charge on any atom is 0.228 e. The van der Waals surface area contributed by atoms with Crippen LogP contribution in [0.5, 0.6) is 0 Å². The van der Waals surface area contributed by atoms with Gasteiger partial charge in [0.25, 0.3) is 0 Å². The smallest absolute Gasteiger partial charge is 0.228 e. The minimum Gasteiger partial charge on any atom is -0.286 e. The second kappa shape index (κ2) is 4.09. The first-order valence-corrected chi connectivity index (χ1v) is 3.13. The number of imide groups is 1. The molecule has 2 amide bonds. The van der Waals surface area contributed by atoms with Gasteiger partial charge in [-0.3, -0.25) is 14.5 Å². The van der Waals surface area contributed by atoms with Crippen molar-refractivity contribution in [1.82, 2.24) is 4.90 Å². The first kappa shape index (κ1) is 9.20. The van der Waals surface area contributed by atoms with Gasteiger partial charge >= 0.3 is 0 Å². The Bertz CT molecular complexity index is 131. The predicted octanol–water partition coefficient (Wildman–Crippen LogP) is -0.0318. The standard InChI is InChI=1S/C6H10BNO2/c1-3-5(9)8(2)6(10)4-7/h3-4H2,1-2H3. The fourth-order valence-corrected chi connectivity index (χ4v) is 0.513. The second-order valence-corrected chi connectivity index (χ2v) is 1.90. The van der Waals surface area contributed by atoms with Gasteiger partial charge in [-0.15, -0.1) is 0 Å². The summed E-state index contributed by atoms with van der Waals surface area (Å²) < 4.78 is 0. The van der Waals surface area contributed by atoms with E-state index in [9.17, 15) is 9.59 Å². The highest BCUT2D eigenvalue weighted by Crippen LogP contribution is 1.92. The van der Waals surface area contributed by atoms with Crippen LogP contribution in [-0.2, 0) is 9.59 Å². The number of hydrogen-bond donors (Lipinski definition) is 0. The van der Waals surface area contributed by atoms with Crippen molar-refractivity contribution < 1.29 is 9.59 Å². The van der Waals surface area contributed by atoms with E-state index in [4.69, 9.17) is 7.85 Å². The van der Waals surface area contributed by atoms with Crippen LogP contribution in [0.4, 0.5) is 0 Å². The van der Waals surface area contributed by atoms with Crippen LogP contribution >= 0.6 is 0 Å². The van der Waals surface area contributed by atoms with Crippen molar-refractivity contribution in [2.75, 3.05) is 7.05 Å². The number of amides is 2. The molecule has 0 unspecified atom stereocenters. The van der Waals surface area contributed by atoms with Crippen LogP contribution < -0.4 is 0 Å². The van der Waals surface area contributed by atoms with E-state index in [1.807, 2.05) is 0 Å². The van der Waals surface area contributed by atoms with Crippen molar-refractivity contribution in [2.24, 2.45) is 0 Å². The van der Waals surface area contributed by atoms with Gasteiger partial charge in [-0.1, -0.05) is 6.92 Å². The predicted molar refractivity (Wildman–Crippen MR) is 38.6 cm³/mol. The summed E-state index contributed by atoms with van der Waals surface area (Å²) >= 11 is 0. The number of carbonyl (C=O) groups is 2. The molecule has 0 aromatic rings. The summed E-state index contributed by atoms with van der Waals surface area (Å²) in [4.78, 5) is 22.5. The molecule has 0 fully saturated rings. The number of carbonyl (C=O) groups excluding carboxylic acids is 2. The fourth-order valence-electron chi connectivity index (χ4n) is 0.513. The first-order valence-electron chi connectivity index (χ1n) is 3.13. The molecule has 3 nitrogen and oxygen atoms in total. The van der Waals surface area contributed by atoms with Gasteiger partial charge < -0.3 is 0 Å². The van der Waals surface area contributed by atoms with E-state index in [1.165, 1.54) is 7.05 Å². The Balaban J connectivity index is 3.94. The third-order valence-electron chi connectivity index (χ3n) is 1.23. The SMILES string of the molecule is [B]CC(=O)N(C)C(=O)CC. The summed E-state index contributed by atoms with van der Waals surface area (Å²) in [6, 6.07) is 0. The Hall–Kier alpha value is -0.795. The topological polar surface area (TPSA) is 37.4 Å². The summed E-state index contributed by atoms with van der Waals surface area (Å²) in [5.41, 5.74) is 0. The van der Waals surface area contributed by atoms with Crippen molar-refractivity contribution in [3.05, 3.63) is 0 Å². The van der Waals surface area contributed by atoms with Crippen molar-refractivity contribution in [1.29, 1.82) is 0 Å². The average molecular weight is 139 g/mol. The summed E-state index contributed by atoms with van der Waals surface area (Å²) in [5.74, 6) is -0.540. The lowest BCUT2D eigenvalue weighted by molar-refractivity contribution is -0.141. The molecule has 0 aromatic heterocycles. The maximum absolute atomic E-state index is 10.8. The first-order chi connectivity index (χ1) is 4.63. The summed E-state index contributed by atoms with van der Waals surface area (Å²) in [5, 5.41) is 0. The Labute approximate surface area is 61.8 Å². The Morgan fingerprint density at radius 3 is 2.20 bits per heavy atom. The Morgan fingerprint density at radius 1 is 1.40 bits per heavy atom. The molecule has 0 N–H and O–H groups in total. The largest absolute Gasteiger partial charge is 0.286 e. The third kappa shape index (κ3) is 2.21. The van der Waals surface area contributed by atoms with Gasteiger partial charge in [0.1, 0.15) is 0 Å². The molecule has 0 aliphatic heterocycles. The van der Waals surface area contributed by atoms with Gasteiger partial charge in [0.2, 0.25) is 11.8 Å². The molecule has 4 heteroatoms. The lowest BCUT2D eigenvalue weighted by atomic mass is 10.0. The molecule has 54 valence electrons. The van der Waals surface area contributed by atoms with E-state index in [2.05, 4.69) is 0 Å². The zero-order chi connectivity index (χ0) is 8.15. The average Bonchev–Trinajstić information content (AvgIpc) is 2.00. The van der Waals surface area contributed by atoms with Crippen molar-refractivity contribution in [3.8, 4) is 0 Å². The number of nitrogens with zero attached hydrogens (tertiary/aromatic N) is 1. The normalized spacial score (nSPS) is 9.00. The second-order valence-electron chi connectivity index (χ2n) is 1.90. The van der Waals surface area contributed by atoms with Crippen LogP contribution in [0.1, 0.15) is 13.3 Å². The van der Waals surface area contributed by atoms with E-state index >= 15 is 0 Å². The molecule has 0 rings (SSSR count). The van der Waals surface area contributed by atoms with Gasteiger partial charge in [0.15, 0.2) is 0 Å². The molecule has 0 saturated heterocycles. The molecule has 2 radical (unpaired) electrons. The molecule has 0 atom stereocenters. The zero-order valence-electron chi connectivity index (χ0n) is 6.26. The van der Waals surface area contributed by atoms with Gasteiger partial charge in [0, 0.05) is 13.5 Å². The summed E-state index contributed by atoms with van der Waals surface area (Å²) in [6.07, 6.45) is 0.227. The summed E-state index contributed by atoms with van der Waals surface area (Å²) in [7, 11) is 6.45. The highest BCUT2D eigenvalue weighted by molar-refractivity contribution is 6.21. The van der Waals surface area contributed by atoms with Crippen LogP contribution in [0.2, 0.25) is 6.32 Å². The van der Waals surface area contributed by atoms with Gasteiger partial charge in [0.05, 0.1) is 7.85 Å². The van der Waals surface area contributed by atoms with Gasteiger partial charge in [-0.05, 0) is 6.32 Å². The number of rotatable bonds is 2. The number of hydrogen-bond acceptors (Lipinski definition) is 2. The minimum absolute atomic E-state index is 0.109. The van der Waals surface area contributed by atoms with Gasteiger partial charge in [-0.25, -0.2) is 0 Å². The van der Waals surface area contributed by atoms with E-state index in [1.54, 1.807) is 6.92 Å². The van der Waals surface area contributed by atoms with Crippen LogP contribution in [0.15, 0.2) is 0 Å². The lowest BCUT2D eigenvalue weighted by Gasteiger charge is -2.12. The Kier molecular flexibility index (Phi) is 3.76. The molecule has 0 aliphatic carbocycles. The zero-order valence-corrected chi connectivity index (χ0v) is 6.26. The van der Waals surface area contributed by atoms with E-state index < -0.39 is 0 Å². The molecule has 0 bridgehead atoms.